The maximum atomic E-state index is 10.1. The average molecular weight is 260 g/mol. The van der Waals surface area contributed by atoms with E-state index in [1.165, 1.54) is 18.4 Å². The van der Waals surface area contributed by atoms with Gasteiger partial charge in [0, 0.05) is 38.1 Å². The molecular weight excluding hydrogens is 236 g/mol. The van der Waals surface area contributed by atoms with Gasteiger partial charge in [0.25, 0.3) is 0 Å². The first-order chi connectivity index (χ1) is 9.31. The topological polar surface area (TPSA) is 35.5 Å². The van der Waals surface area contributed by atoms with Crippen LogP contribution in [0.25, 0.3) is 0 Å². The van der Waals surface area contributed by atoms with Crippen molar-refractivity contribution in [2.24, 2.45) is 5.92 Å². The highest BCUT2D eigenvalue weighted by Gasteiger charge is 2.29. The number of nitrogens with one attached hydrogen (secondary N) is 1. The summed E-state index contributed by atoms with van der Waals surface area (Å²) in [5, 5.41) is 13.7. The third-order valence-corrected chi connectivity index (χ3v) is 4.27. The van der Waals surface area contributed by atoms with Crippen LogP contribution in [-0.4, -0.2) is 41.8 Å². The van der Waals surface area contributed by atoms with Crippen molar-refractivity contribution in [3.8, 4) is 0 Å². The van der Waals surface area contributed by atoms with Gasteiger partial charge < -0.3 is 10.4 Å². The van der Waals surface area contributed by atoms with Gasteiger partial charge in [-0.25, -0.2) is 0 Å². The van der Waals surface area contributed by atoms with Crippen LogP contribution in [0.3, 0.4) is 0 Å². The van der Waals surface area contributed by atoms with Crippen LogP contribution in [0.4, 0.5) is 0 Å². The fourth-order valence-corrected chi connectivity index (χ4v) is 2.89. The van der Waals surface area contributed by atoms with Crippen LogP contribution in [0.5, 0.6) is 0 Å². The Bertz CT molecular complexity index is 391. The summed E-state index contributed by atoms with van der Waals surface area (Å²) in [7, 11) is 0. The monoisotopic (exact) mass is 260 g/mol. The summed E-state index contributed by atoms with van der Waals surface area (Å²) in [6, 6.07) is 11.4. The minimum atomic E-state index is -0.127. The summed E-state index contributed by atoms with van der Waals surface area (Å²) >= 11 is 0. The molecule has 0 bridgehead atoms. The van der Waals surface area contributed by atoms with Crippen molar-refractivity contribution in [2.45, 2.75) is 38.0 Å². The molecule has 1 saturated heterocycles. The molecule has 1 aromatic rings. The van der Waals surface area contributed by atoms with E-state index in [4.69, 9.17) is 0 Å². The molecule has 1 aliphatic heterocycles. The third kappa shape index (κ3) is 3.78. The summed E-state index contributed by atoms with van der Waals surface area (Å²) in [6.07, 6.45) is 3.41. The van der Waals surface area contributed by atoms with Crippen molar-refractivity contribution < 1.29 is 5.11 Å². The molecule has 104 valence electrons. The van der Waals surface area contributed by atoms with Crippen molar-refractivity contribution in [2.75, 3.05) is 19.6 Å². The molecule has 2 aliphatic rings. The molecule has 1 aromatic carbocycles. The first-order valence-corrected chi connectivity index (χ1v) is 7.49. The van der Waals surface area contributed by atoms with Crippen LogP contribution >= 0.6 is 0 Å². The number of hydrogen-bond donors (Lipinski definition) is 2. The molecule has 1 saturated carbocycles. The molecule has 2 fully saturated rings. The molecule has 0 radical (unpaired) electrons. The van der Waals surface area contributed by atoms with E-state index in [0.717, 1.165) is 38.6 Å². The number of likely N-dealkylation sites (tertiary alicyclic amines) is 1. The van der Waals surface area contributed by atoms with E-state index in [1.807, 2.05) is 0 Å². The van der Waals surface area contributed by atoms with Crippen molar-refractivity contribution in [3.05, 3.63) is 35.9 Å². The second-order valence-corrected chi connectivity index (χ2v) is 6.02. The van der Waals surface area contributed by atoms with Gasteiger partial charge in [-0.15, -0.1) is 0 Å². The molecule has 1 heterocycles. The van der Waals surface area contributed by atoms with E-state index in [2.05, 4.69) is 40.5 Å². The SMILES string of the molecule is O[C@@H]1CCN(Cc2ccccc2)C[C@H]1CNC1CC1. The summed E-state index contributed by atoms with van der Waals surface area (Å²) in [4.78, 5) is 2.47. The maximum Gasteiger partial charge on any atom is 0.0605 e. The standard InChI is InChI=1S/C16H24N2O/c19-16-8-9-18(11-13-4-2-1-3-5-13)12-14(16)10-17-15-6-7-15/h1-5,14-17,19H,6-12H2/t14-,16-/m1/s1. The lowest BCUT2D eigenvalue weighted by molar-refractivity contribution is 0.0239. The minimum absolute atomic E-state index is 0.127. The van der Waals surface area contributed by atoms with Crippen LogP contribution in [0, 0.1) is 5.92 Å². The van der Waals surface area contributed by atoms with Gasteiger partial charge in [0.1, 0.15) is 0 Å². The predicted octanol–water partition coefficient (Wildman–Crippen LogP) is 1.62. The van der Waals surface area contributed by atoms with Crippen LogP contribution in [0.15, 0.2) is 30.3 Å². The summed E-state index contributed by atoms with van der Waals surface area (Å²) in [6.45, 7) is 4.00. The average Bonchev–Trinajstić information content (AvgIpc) is 3.25. The number of piperidine rings is 1. The Balaban J connectivity index is 1.51. The molecule has 0 spiro atoms. The van der Waals surface area contributed by atoms with E-state index >= 15 is 0 Å². The Labute approximate surface area is 115 Å². The molecule has 3 heteroatoms. The highest BCUT2D eigenvalue weighted by molar-refractivity contribution is 5.14. The van der Waals surface area contributed by atoms with Gasteiger partial charge in [-0.3, -0.25) is 4.90 Å². The van der Waals surface area contributed by atoms with E-state index in [0.29, 0.717) is 5.92 Å². The highest BCUT2D eigenvalue weighted by Crippen LogP contribution is 2.22. The summed E-state index contributed by atoms with van der Waals surface area (Å²) < 4.78 is 0. The Morgan fingerprint density at radius 3 is 2.68 bits per heavy atom. The zero-order valence-corrected chi connectivity index (χ0v) is 11.5. The van der Waals surface area contributed by atoms with Gasteiger partial charge in [-0.1, -0.05) is 30.3 Å². The molecule has 1 aliphatic carbocycles. The second-order valence-electron chi connectivity index (χ2n) is 6.02. The largest absolute Gasteiger partial charge is 0.393 e. The lowest BCUT2D eigenvalue weighted by Gasteiger charge is -2.36. The zero-order chi connectivity index (χ0) is 13.1. The summed E-state index contributed by atoms with van der Waals surface area (Å²) in [5.41, 5.74) is 1.37. The molecule has 0 unspecified atom stereocenters. The number of aliphatic hydroxyl groups excluding tert-OH is 1. The number of benzene rings is 1. The number of aliphatic hydroxyl groups is 1. The van der Waals surface area contributed by atoms with Gasteiger partial charge >= 0.3 is 0 Å². The molecule has 3 rings (SSSR count). The molecule has 3 nitrogen and oxygen atoms in total. The quantitative estimate of drug-likeness (QED) is 0.844. The second kappa shape index (κ2) is 6.04. The maximum absolute atomic E-state index is 10.1. The normalized spacial score (nSPS) is 28.5. The van der Waals surface area contributed by atoms with Crippen LogP contribution in [0.1, 0.15) is 24.8 Å². The van der Waals surface area contributed by atoms with Gasteiger partial charge in [0.15, 0.2) is 0 Å². The highest BCUT2D eigenvalue weighted by atomic mass is 16.3. The minimum Gasteiger partial charge on any atom is -0.393 e. The van der Waals surface area contributed by atoms with Crippen LogP contribution < -0.4 is 5.32 Å². The fraction of sp³-hybridized carbons (Fsp3) is 0.625. The van der Waals surface area contributed by atoms with Gasteiger partial charge in [0.2, 0.25) is 0 Å². The van der Waals surface area contributed by atoms with E-state index in [9.17, 15) is 5.11 Å². The van der Waals surface area contributed by atoms with Crippen molar-refractivity contribution in [1.82, 2.24) is 10.2 Å². The molecule has 2 N–H and O–H groups in total. The fourth-order valence-electron chi connectivity index (χ4n) is 2.89. The van der Waals surface area contributed by atoms with Crippen molar-refractivity contribution >= 4 is 0 Å². The Kier molecular flexibility index (Phi) is 4.16. The first-order valence-electron chi connectivity index (χ1n) is 7.49. The molecule has 0 amide bonds. The van der Waals surface area contributed by atoms with Crippen molar-refractivity contribution in [3.63, 3.8) is 0 Å². The van der Waals surface area contributed by atoms with Crippen LogP contribution in [0.2, 0.25) is 0 Å². The predicted molar refractivity (Wildman–Crippen MR) is 76.9 cm³/mol. The lowest BCUT2D eigenvalue weighted by Crippen LogP contribution is -2.46. The Morgan fingerprint density at radius 1 is 1.16 bits per heavy atom. The van der Waals surface area contributed by atoms with Gasteiger partial charge in [-0.2, -0.15) is 0 Å². The molecule has 19 heavy (non-hydrogen) atoms. The molecular formula is C16H24N2O. The van der Waals surface area contributed by atoms with Gasteiger partial charge in [-0.05, 0) is 24.8 Å². The van der Waals surface area contributed by atoms with Crippen LogP contribution in [-0.2, 0) is 6.54 Å². The Morgan fingerprint density at radius 2 is 1.95 bits per heavy atom. The summed E-state index contributed by atoms with van der Waals surface area (Å²) in [5.74, 6) is 0.387. The molecule has 0 aromatic heterocycles. The number of rotatable bonds is 5. The van der Waals surface area contributed by atoms with Gasteiger partial charge in [0.05, 0.1) is 6.10 Å². The Hall–Kier alpha value is -0.900. The number of hydrogen-bond acceptors (Lipinski definition) is 3. The zero-order valence-electron chi connectivity index (χ0n) is 11.5. The third-order valence-electron chi connectivity index (χ3n) is 4.27. The molecule has 2 atom stereocenters. The van der Waals surface area contributed by atoms with E-state index in [-0.39, 0.29) is 6.10 Å². The van der Waals surface area contributed by atoms with E-state index < -0.39 is 0 Å². The smallest absolute Gasteiger partial charge is 0.0605 e. The lowest BCUT2D eigenvalue weighted by atomic mass is 9.94. The first kappa shape index (κ1) is 13.1. The number of nitrogens with zero attached hydrogens (tertiary/aromatic N) is 1. The van der Waals surface area contributed by atoms with E-state index in [1.54, 1.807) is 0 Å². The van der Waals surface area contributed by atoms with Crippen molar-refractivity contribution in [1.29, 1.82) is 0 Å².